The third-order valence-electron chi connectivity index (χ3n) is 3.39. The van der Waals surface area contributed by atoms with E-state index in [2.05, 4.69) is 10.3 Å². The van der Waals surface area contributed by atoms with Gasteiger partial charge in [0.05, 0.1) is 6.20 Å². The molecule has 1 atom stereocenters. The SMILES string of the molecule is O=[N+]([O-])c1c(C2CCCNC2)nc2ccccn12. The normalized spacial score (nSPS) is 20.1. The molecule has 18 heavy (non-hydrogen) atoms. The molecule has 3 rings (SSSR count). The zero-order chi connectivity index (χ0) is 12.5. The maximum Gasteiger partial charge on any atom is 0.351 e. The third kappa shape index (κ3) is 1.74. The number of fused-ring (bicyclic) bond motifs is 1. The summed E-state index contributed by atoms with van der Waals surface area (Å²) in [5, 5.41) is 14.5. The maximum absolute atomic E-state index is 11.3. The van der Waals surface area contributed by atoms with E-state index in [9.17, 15) is 10.1 Å². The number of nitrogens with one attached hydrogen (secondary N) is 1. The van der Waals surface area contributed by atoms with Crippen molar-refractivity contribution in [3.8, 4) is 0 Å². The van der Waals surface area contributed by atoms with Gasteiger partial charge in [0.15, 0.2) is 0 Å². The lowest BCUT2D eigenvalue weighted by molar-refractivity contribution is -0.391. The van der Waals surface area contributed by atoms with Gasteiger partial charge in [-0.2, -0.15) is 4.40 Å². The second-order valence-electron chi connectivity index (χ2n) is 4.55. The first-order chi connectivity index (χ1) is 8.77. The van der Waals surface area contributed by atoms with Crippen molar-refractivity contribution in [1.29, 1.82) is 0 Å². The first kappa shape index (κ1) is 11.2. The molecular formula is C12H14N4O2. The Kier molecular flexibility index (Phi) is 2.71. The molecule has 2 aromatic rings. The van der Waals surface area contributed by atoms with Gasteiger partial charge in [-0.25, -0.2) is 4.98 Å². The molecule has 0 saturated carbocycles. The summed E-state index contributed by atoms with van der Waals surface area (Å²) in [6.07, 6.45) is 3.69. The highest BCUT2D eigenvalue weighted by Crippen LogP contribution is 2.31. The zero-order valence-electron chi connectivity index (χ0n) is 9.87. The number of nitro groups is 1. The van der Waals surface area contributed by atoms with Crippen LogP contribution in [0.1, 0.15) is 24.5 Å². The number of piperidine rings is 1. The maximum atomic E-state index is 11.3. The van der Waals surface area contributed by atoms with Crippen LogP contribution in [-0.2, 0) is 0 Å². The van der Waals surface area contributed by atoms with Crippen molar-refractivity contribution in [1.82, 2.24) is 14.7 Å². The second-order valence-corrected chi connectivity index (χ2v) is 4.55. The van der Waals surface area contributed by atoms with Crippen molar-refractivity contribution in [2.75, 3.05) is 13.1 Å². The summed E-state index contributed by atoms with van der Waals surface area (Å²) in [4.78, 5) is 15.4. The van der Waals surface area contributed by atoms with E-state index < -0.39 is 0 Å². The Morgan fingerprint density at radius 3 is 3.11 bits per heavy atom. The van der Waals surface area contributed by atoms with E-state index in [1.807, 2.05) is 6.07 Å². The van der Waals surface area contributed by atoms with Crippen LogP contribution in [0.2, 0.25) is 0 Å². The predicted octanol–water partition coefficient (Wildman–Crippen LogP) is 1.71. The van der Waals surface area contributed by atoms with Gasteiger partial charge in [0.2, 0.25) is 5.65 Å². The molecule has 1 fully saturated rings. The van der Waals surface area contributed by atoms with Crippen LogP contribution < -0.4 is 5.32 Å². The molecule has 0 spiro atoms. The van der Waals surface area contributed by atoms with E-state index in [1.54, 1.807) is 22.7 Å². The molecule has 0 aliphatic carbocycles. The second kappa shape index (κ2) is 4.38. The number of nitrogens with zero attached hydrogens (tertiary/aromatic N) is 3. The fourth-order valence-corrected chi connectivity index (χ4v) is 2.54. The van der Waals surface area contributed by atoms with Gasteiger partial charge in [-0.3, -0.25) is 0 Å². The number of hydrogen-bond donors (Lipinski definition) is 1. The molecule has 1 N–H and O–H groups in total. The summed E-state index contributed by atoms with van der Waals surface area (Å²) in [5.41, 5.74) is 1.25. The monoisotopic (exact) mass is 246 g/mol. The summed E-state index contributed by atoms with van der Waals surface area (Å²) in [7, 11) is 0. The van der Waals surface area contributed by atoms with Crippen LogP contribution in [0, 0.1) is 10.1 Å². The minimum atomic E-state index is -0.329. The molecule has 2 aromatic heterocycles. The van der Waals surface area contributed by atoms with Gasteiger partial charge in [-0.1, -0.05) is 6.07 Å². The number of pyridine rings is 1. The average Bonchev–Trinajstić information content (AvgIpc) is 2.79. The van der Waals surface area contributed by atoms with Crippen LogP contribution in [0.25, 0.3) is 5.65 Å². The quantitative estimate of drug-likeness (QED) is 0.646. The molecule has 1 saturated heterocycles. The van der Waals surface area contributed by atoms with Crippen molar-refractivity contribution < 1.29 is 4.92 Å². The highest BCUT2D eigenvalue weighted by molar-refractivity contribution is 5.50. The molecule has 1 aliphatic rings. The van der Waals surface area contributed by atoms with Crippen LogP contribution in [-0.4, -0.2) is 27.4 Å². The average molecular weight is 246 g/mol. The lowest BCUT2D eigenvalue weighted by Crippen LogP contribution is -2.28. The van der Waals surface area contributed by atoms with Gasteiger partial charge in [0, 0.05) is 18.5 Å². The van der Waals surface area contributed by atoms with Gasteiger partial charge >= 0.3 is 5.82 Å². The van der Waals surface area contributed by atoms with E-state index in [0.29, 0.717) is 11.3 Å². The van der Waals surface area contributed by atoms with Crippen molar-refractivity contribution in [2.24, 2.45) is 0 Å². The molecule has 6 heteroatoms. The van der Waals surface area contributed by atoms with Crippen molar-refractivity contribution in [3.05, 3.63) is 40.2 Å². The molecule has 1 unspecified atom stereocenters. The van der Waals surface area contributed by atoms with E-state index in [-0.39, 0.29) is 16.7 Å². The molecule has 0 amide bonds. The molecule has 3 heterocycles. The fraction of sp³-hybridized carbons (Fsp3) is 0.417. The van der Waals surface area contributed by atoms with Gasteiger partial charge in [-0.15, -0.1) is 0 Å². The summed E-state index contributed by atoms with van der Waals surface area (Å²) in [6, 6.07) is 5.42. The number of hydrogen-bond acceptors (Lipinski definition) is 4. The Hall–Kier alpha value is -1.95. The zero-order valence-corrected chi connectivity index (χ0v) is 9.87. The number of rotatable bonds is 2. The lowest BCUT2D eigenvalue weighted by Gasteiger charge is -2.20. The molecule has 0 bridgehead atoms. The van der Waals surface area contributed by atoms with E-state index in [4.69, 9.17) is 0 Å². The smallest absolute Gasteiger partial charge is 0.351 e. The first-order valence-electron chi connectivity index (χ1n) is 6.09. The van der Waals surface area contributed by atoms with Crippen LogP contribution in [0.4, 0.5) is 5.82 Å². The Labute approximate surface area is 104 Å². The summed E-state index contributed by atoms with van der Waals surface area (Å²) in [5.74, 6) is 0.248. The van der Waals surface area contributed by atoms with Crippen molar-refractivity contribution >= 4 is 11.5 Å². The van der Waals surface area contributed by atoms with E-state index >= 15 is 0 Å². The Balaban J connectivity index is 2.14. The van der Waals surface area contributed by atoms with Crippen molar-refractivity contribution in [3.63, 3.8) is 0 Å². The number of imidazole rings is 1. The Morgan fingerprint density at radius 2 is 2.39 bits per heavy atom. The van der Waals surface area contributed by atoms with Crippen LogP contribution in [0.3, 0.4) is 0 Å². The first-order valence-corrected chi connectivity index (χ1v) is 6.09. The molecular weight excluding hydrogens is 232 g/mol. The Morgan fingerprint density at radius 1 is 1.50 bits per heavy atom. The minimum Gasteiger partial charge on any atom is -0.358 e. The lowest BCUT2D eigenvalue weighted by atomic mass is 9.96. The largest absolute Gasteiger partial charge is 0.358 e. The van der Waals surface area contributed by atoms with Gasteiger partial charge in [0.25, 0.3) is 0 Å². The van der Waals surface area contributed by atoms with Crippen molar-refractivity contribution in [2.45, 2.75) is 18.8 Å². The predicted molar refractivity (Wildman–Crippen MR) is 66.7 cm³/mol. The van der Waals surface area contributed by atoms with Crippen LogP contribution in [0.5, 0.6) is 0 Å². The summed E-state index contributed by atoms with van der Waals surface area (Å²) in [6.45, 7) is 1.75. The molecule has 0 aromatic carbocycles. The highest BCUT2D eigenvalue weighted by atomic mass is 16.6. The van der Waals surface area contributed by atoms with Gasteiger partial charge < -0.3 is 15.4 Å². The molecule has 0 radical (unpaired) electrons. The van der Waals surface area contributed by atoms with E-state index in [1.165, 1.54) is 0 Å². The molecule has 94 valence electrons. The highest BCUT2D eigenvalue weighted by Gasteiger charge is 2.29. The summed E-state index contributed by atoms with van der Waals surface area (Å²) >= 11 is 0. The third-order valence-corrected chi connectivity index (χ3v) is 3.39. The molecule has 6 nitrogen and oxygen atoms in total. The Bertz CT molecular complexity index is 587. The fourth-order valence-electron chi connectivity index (χ4n) is 2.54. The number of aromatic nitrogens is 2. The van der Waals surface area contributed by atoms with Crippen LogP contribution >= 0.6 is 0 Å². The minimum absolute atomic E-state index is 0.110. The summed E-state index contributed by atoms with van der Waals surface area (Å²) < 4.78 is 1.56. The van der Waals surface area contributed by atoms with E-state index in [0.717, 1.165) is 25.9 Å². The van der Waals surface area contributed by atoms with Gasteiger partial charge in [0.1, 0.15) is 5.69 Å². The standard InChI is InChI=1S/C12H14N4O2/c17-16(18)12-11(9-4-3-6-13-8-9)14-10-5-1-2-7-15(10)12/h1-2,5,7,9,13H,3-4,6,8H2. The molecule has 1 aliphatic heterocycles. The van der Waals surface area contributed by atoms with Gasteiger partial charge in [-0.05, 0) is 30.4 Å². The van der Waals surface area contributed by atoms with Crippen LogP contribution in [0.15, 0.2) is 24.4 Å². The topological polar surface area (TPSA) is 72.5 Å².